The molecule has 1 N–H and O–H groups in total. The van der Waals surface area contributed by atoms with E-state index in [1.165, 1.54) is 17.3 Å². The van der Waals surface area contributed by atoms with E-state index in [2.05, 4.69) is 39.7 Å². The standard InChI is InChI=1S/C24H25N5O2S/c1-5-31-19-8-6-18(7-9-19)24-27-26-20-10-11-22(28-29(20)24)32-14-21(30)25-23-16(3)12-15(2)13-17(23)4/h6-13H,5,14H2,1-4H3,(H,25,30). The Morgan fingerprint density at radius 2 is 1.75 bits per heavy atom. The Kier molecular flexibility index (Phi) is 6.41. The van der Waals surface area contributed by atoms with Crippen LogP contribution in [0, 0.1) is 20.8 Å². The zero-order valence-corrected chi connectivity index (χ0v) is 19.4. The van der Waals surface area contributed by atoms with Crippen molar-refractivity contribution in [3.8, 4) is 17.1 Å². The van der Waals surface area contributed by atoms with Crippen molar-refractivity contribution in [2.45, 2.75) is 32.7 Å². The molecule has 32 heavy (non-hydrogen) atoms. The van der Waals surface area contributed by atoms with Gasteiger partial charge in [-0.1, -0.05) is 29.5 Å². The molecule has 0 fully saturated rings. The average Bonchev–Trinajstić information content (AvgIpc) is 3.19. The molecule has 0 bridgehead atoms. The molecule has 4 aromatic rings. The molecule has 0 atom stereocenters. The molecule has 0 saturated heterocycles. The summed E-state index contributed by atoms with van der Waals surface area (Å²) in [6.45, 7) is 8.63. The van der Waals surface area contributed by atoms with E-state index in [4.69, 9.17) is 4.74 Å². The van der Waals surface area contributed by atoms with E-state index in [-0.39, 0.29) is 11.7 Å². The highest BCUT2D eigenvalue weighted by Gasteiger charge is 2.13. The first-order valence-electron chi connectivity index (χ1n) is 10.4. The van der Waals surface area contributed by atoms with Crippen molar-refractivity contribution in [2.24, 2.45) is 0 Å². The fraction of sp³-hybridized carbons (Fsp3) is 0.250. The molecular formula is C24H25N5O2S. The first-order valence-corrected chi connectivity index (χ1v) is 11.4. The van der Waals surface area contributed by atoms with Crippen molar-refractivity contribution in [3.05, 3.63) is 65.2 Å². The quantitative estimate of drug-likeness (QED) is 0.408. The minimum atomic E-state index is -0.0672. The highest BCUT2D eigenvalue weighted by atomic mass is 32.2. The second kappa shape index (κ2) is 9.40. The van der Waals surface area contributed by atoms with Crippen molar-refractivity contribution in [1.82, 2.24) is 19.8 Å². The van der Waals surface area contributed by atoms with Crippen LogP contribution in [0.5, 0.6) is 5.75 Å². The largest absolute Gasteiger partial charge is 0.494 e. The monoisotopic (exact) mass is 447 g/mol. The Labute approximate surface area is 191 Å². The molecule has 2 heterocycles. The first-order chi connectivity index (χ1) is 15.4. The average molecular weight is 448 g/mol. The SMILES string of the molecule is CCOc1ccc(-c2nnc3ccc(SCC(=O)Nc4c(C)cc(C)cc4C)nn23)cc1. The van der Waals surface area contributed by atoms with Gasteiger partial charge in [-0.25, -0.2) is 0 Å². The van der Waals surface area contributed by atoms with E-state index >= 15 is 0 Å². The molecule has 0 radical (unpaired) electrons. The van der Waals surface area contributed by atoms with Crippen molar-refractivity contribution < 1.29 is 9.53 Å². The number of fused-ring (bicyclic) bond motifs is 1. The Hall–Kier alpha value is -3.39. The third-order valence-corrected chi connectivity index (χ3v) is 5.87. The van der Waals surface area contributed by atoms with E-state index in [9.17, 15) is 4.79 Å². The number of hydrogen-bond acceptors (Lipinski definition) is 6. The molecule has 4 rings (SSSR count). The number of carbonyl (C=O) groups excluding carboxylic acids is 1. The summed E-state index contributed by atoms with van der Waals surface area (Å²) in [5, 5.41) is 16.9. The number of amides is 1. The number of nitrogens with one attached hydrogen (secondary N) is 1. The van der Waals surface area contributed by atoms with E-state index in [0.717, 1.165) is 33.2 Å². The molecule has 2 aromatic carbocycles. The lowest BCUT2D eigenvalue weighted by molar-refractivity contribution is -0.113. The maximum atomic E-state index is 12.6. The fourth-order valence-corrected chi connectivity index (χ4v) is 4.24. The van der Waals surface area contributed by atoms with E-state index < -0.39 is 0 Å². The van der Waals surface area contributed by atoms with Crippen LogP contribution in [-0.2, 0) is 4.79 Å². The highest BCUT2D eigenvalue weighted by Crippen LogP contribution is 2.25. The number of ether oxygens (including phenoxy) is 1. The van der Waals surface area contributed by atoms with Crippen LogP contribution >= 0.6 is 11.8 Å². The summed E-state index contributed by atoms with van der Waals surface area (Å²) in [7, 11) is 0. The van der Waals surface area contributed by atoms with Gasteiger partial charge >= 0.3 is 0 Å². The Morgan fingerprint density at radius 1 is 1.03 bits per heavy atom. The summed E-state index contributed by atoms with van der Waals surface area (Å²) < 4.78 is 7.20. The number of hydrogen-bond donors (Lipinski definition) is 1. The van der Waals surface area contributed by atoms with Gasteiger partial charge in [0.15, 0.2) is 11.5 Å². The number of anilines is 1. The van der Waals surface area contributed by atoms with Crippen molar-refractivity contribution in [2.75, 3.05) is 17.7 Å². The lowest BCUT2D eigenvalue weighted by Gasteiger charge is -2.12. The van der Waals surface area contributed by atoms with Crippen LogP contribution in [0.2, 0.25) is 0 Å². The van der Waals surface area contributed by atoms with Gasteiger partial charge in [0.2, 0.25) is 5.91 Å². The van der Waals surface area contributed by atoms with Crippen LogP contribution in [0.3, 0.4) is 0 Å². The Balaban J connectivity index is 1.48. The Bertz CT molecular complexity index is 1240. The smallest absolute Gasteiger partial charge is 0.234 e. The summed E-state index contributed by atoms with van der Waals surface area (Å²) in [4.78, 5) is 12.6. The lowest BCUT2D eigenvalue weighted by atomic mass is 10.1. The van der Waals surface area contributed by atoms with Gasteiger partial charge in [-0.2, -0.15) is 9.61 Å². The van der Waals surface area contributed by atoms with Crippen molar-refractivity contribution >= 4 is 29.0 Å². The summed E-state index contributed by atoms with van der Waals surface area (Å²) >= 11 is 1.37. The molecule has 0 spiro atoms. The van der Waals surface area contributed by atoms with Crippen LogP contribution < -0.4 is 10.1 Å². The molecule has 1 amide bonds. The Morgan fingerprint density at radius 3 is 2.44 bits per heavy atom. The molecule has 164 valence electrons. The second-order valence-corrected chi connectivity index (χ2v) is 8.53. The van der Waals surface area contributed by atoms with E-state index in [1.807, 2.05) is 57.2 Å². The van der Waals surface area contributed by atoms with Gasteiger partial charge in [-0.3, -0.25) is 4.79 Å². The predicted octanol–water partition coefficient (Wildman–Crippen LogP) is 4.85. The second-order valence-electron chi connectivity index (χ2n) is 7.53. The summed E-state index contributed by atoms with van der Waals surface area (Å²) in [6, 6.07) is 15.5. The molecule has 8 heteroatoms. The molecule has 7 nitrogen and oxygen atoms in total. The normalized spacial score (nSPS) is 11.0. The first kappa shape index (κ1) is 21.8. The maximum absolute atomic E-state index is 12.6. The number of benzene rings is 2. The van der Waals surface area contributed by atoms with Gasteiger partial charge in [0.1, 0.15) is 10.8 Å². The zero-order valence-electron chi connectivity index (χ0n) is 18.5. The van der Waals surface area contributed by atoms with E-state index in [0.29, 0.717) is 18.1 Å². The predicted molar refractivity (Wildman–Crippen MR) is 127 cm³/mol. The molecular weight excluding hydrogens is 422 g/mol. The van der Waals surface area contributed by atoms with Crippen LogP contribution in [0.1, 0.15) is 23.6 Å². The highest BCUT2D eigenvalue weighted by molar-refractivity contribution is 7.99. The van der Waals surface area contributed by atoms with Crippen molar-refractivity contribution in [3.63, 3.8) is 0 Å². The van der Waals surface area contributed by atoms with Crippen LogP contribution in [0.4, 0.5) is 5.69 Å². The number of aromatic nitrogens is 4. The summed E-state index contributed by atoms with van der Waals surface area (Å²) in [5.41, 5.74) is 5.71. The van der Waals surface area contributed by atoms with Gasteiger partial charge in [-0.05, 0) is 75.2 Å². The topological polar surface area (TPSA) is 81.4 Å². The fourth-order valence-electron chi connectivity index (χ4n) is 3.59. The third kappa shape index (κ3) is 4.75. The molecule has 0 saturated carbocycles. The molecule has 0 aliphatic rings. The summed E-state index contributed by atoms with van der Waals surface area (Å²) in [5.74, 6) is 1.63. The van der Waals surface area contributed by atoms with Gasteiger partial charge in [0, 0.05) is 11.3 Å². The molecule has 0 unspecified atom stereocenters. The van der Waals surface area contributed by atoms with Gasteiger partial charge in [0.05, 0.1) is 12.4 Å². The van der Waals surface area contributed by atoms with Gasteiger partial charge in [0.25, 0.3) is 0 Å². The number of nitrogens with zero attached hydrogens (tertiary/aromatic N) is 4. The molecule has 0 aliphatic heterocycles. The minimum Gasteiger partial charge on any atom is -0.494 e. The minimum absolute atomic E-state index is 0.0672. The number of thioether (sulfide) groups is 1. The number of rotatable bonds is 7. The number of aryl methyl sites for hydroxylation is 3. The molecule has 2 aromatic heterocycles. The number of carbonyl (C=O) groups is 1. The van der Waals surface area contributed by atoms with E-state index in [1.54, 1.807) is 4.52 Å². The zero-order chi connectivity index (χ0) is 22.7. The van der Waals surface area contributed by atoms with Crippen molar-refractivity contribution in [1.29, 1.82) is 0 Å². The van der Waals surface area contributed by atoms with Crippen LogP contribution in [0.25, 0.3) is 17.0 Å². The third-order valence-electron chi connectivity index (χ3n) is 4.95. The van der Waals surface area contributed by atoms with Crippen LogP contribution in [0.15, 0.2) is 53.6 Å². The van der Waals surface area contributed by atoms with Gasteiger partial charge in [-0.15, -0.1) is 10.2 Å². The maximum Gasteiger partial charge on any atom is 0.234 e. The van der Waals surface area contributed by atoms with Gasteiger partial charge < -0.3 is 10.1 Å². The molecule has 0 aliphatic carbocycles. The van der Waals surface area contributed by atoms with Crippen LogP contribution in [-0.4, -0.2) is 38.1 Å². The lowest BCUT2D eigenvalue weighted by Crippen LogP contribution is -2.16. The summed E-state index contributed by atoms with van der Waals surface area (Å²) in [6.07, 6.45) is 0.